The normalized spacial score (nSPS) is 13.4. The van der Waals surface area contributed by atoms with Crippen LogP contribution in [0.1, 0.15) is 37.9 Å². The summed E-state index contributed by atoms with van der Waals surface area (Å²) < 4.78 is 11.3. The molecule has 4 aromatic carbocycles. The second kappa shape index (κ2) is 15.8. The molecule has 8 nitrogen and oxygen atoms in total. The number of benzene rings is 4. The van der Waals surface area contributed by atoms with Gasteiger partial charge in [-0.3, -0.25) is 19.8 Å². The van der Waals surface area contributed by atoms with Gasteiger partial charge in [0, 0.05) is 38.9 Å². The third kappa shape index (κ3) is 8.34. The Morgan fingerprint density at radius 1 is 0.844 bits per heavy atom. The number of thiocarbonyl (C=S) groups is 1. The molecule has 1 heterocycles. The van der Waals surface area contributed by atoms with Gasteiger partial charge in [-0.25, -0.2) is 0 Å². The molecule has 2 N–H and O–H groups in total. The van der Waals surface area contributed by atoms with Crippen molar-refractivity contribution >= 4 is 50.8 Å². The van der Waals surface area contributed by atoms with E-state index in [1.807, 2.05) is 29.2 Å². The van der Waals surface area contributed by atoms with E-state index < -0.39 is 0 Å². The molecular weight excluding hydrogens is 652 g/mol. The number of piperazine rings is 1. The van der Waals surface area contributed by atoms with Gasteiger partial charge >= 0.3 is 0 Å². The molecule has 5 rings (SSSR count). The Hall–Kier alpha value is -4.09. The maximum atomic E-state index is 13.7. The van der Waals surface area contributed by atoms with Crippen molar-refractivity contribution in [1.29, 1.82) is 0 Å². The minimum atomic E-state index is -0.386. The molecule has 45 heavy (non-hydrogen) atoms. The highest BCUT2D eigenvalue weighted by atomic mass is 79.9. The van der Waals surface area contributed by atoms with E-state index >= 15 is 0 Å². The first-order chi connectivity index (χ1) is 21.9. The summed E-state index contributed by atoms with van der Waals surface area (Å²) in [5.41, 5.74) is 3.88. The Bertz CT molecular complexity index is 1580. The number of para-hydroxylation sites is 1. The van der Waals surface area contributed by atoms with E-state index in [0.29, 0.717) is 53.3 Å². The molecule has 0 unspecified atom stereocenters. The number of nitrogens with one attached hydrogen (secondary N) is 2. The van der Waals surface area contributed by atoms with Crippen molar-refractivity contribution in [2.45, 2.75) is 6.04 Å². The molecule has 0 bridgehead atoms. The average Bonchev–Trinajstić information content (AvgIpc) is 3.07. The van der Waals surface area contributed by atoms with Crippen molar-refractivity contribution in [3.8, 4) is 5.75 Å². The summed E-state index contributed by atoms with van der Waals surface area (Å²) in [5, 5.41) is 5.85. The number of hydrogen-bond donors (Lipinski definition) is 2. The Morgan fingerprint density at radius 2 is 1.47 bits per heavy atom. The highest BCUT2D eigenvalue weighted by molar-refractivity contribution is 9.10. The summed E-state index contributed by atoms with van der Waals surface area (Å²) in [4.78, 5) is 31.0. The number of methoxy groups -OCH3 is 1. The molecule has 232 valence electrons. The largest absolute Gasteiger partial charge is 0.490 e. The third-order valence-corrected chi connectivity index (χ3v) is 8.39. The molecule has 1 saturated heterocycles. The standard InChI is InChI=1S/C35H35BrN4O4S/c1-43-22-23-44-31-17-16-27(24-29(31)36)33(41)38-35(45)37-30-15-9-8-14-28(30)34(42)40-20-18-39(19-21-40)32(25-10-4-2-5-11-25)26-12-6-3-7-13-26/h2-17,24,32H,18-23H2,1H3,(H2,37,38,41,45). The highest BCUT2D eigenvalue weighted by Crippen LogP contribution is 2.30. The molecule has 0 atom stereocenters. The van der Waals surface area contributed by atoms with Gasteiger partial charge in [-0.2, -0.15) is 0 Å². The maximum Gasteiger partial charge on any atom is 0.257 e. The molecule has 10 heteroatoms. The molecule has 0 aromatic heterocycles. The summed E-state index contributed by atoms with van der Waals surface area (Å²) in [6, 6.07) is 33.3. The summed E-state index contributed by atoms with van der Waals surface area (Å²) in [7, 11) is 1.60. The van der Waals surface area contributed by atoms with Crippen molar-refractivity contribution in [3.63, 3.8) is 0 Å². The van der Waals surface area contributed by atoms with E-state index in [4.69, 9.17) is 21.7 Å². The van der Waals surface area contributed by atoms with Gasteiger partial charge in [0.1, 0.15) is 12.4 Å². The second-order valence-corrected chi connectivity index (χ2v) is 11.8. The van der Waals surface area contributed by atoms with Gasteiger partial charge in [-0.15, -0.1) is 0 Å². The van der Waals surface area contributed by atoms with Crippen LogP contribution < -0.4 is 15.4 Å². The van der Waals surface area contributed by atoms with Crippen LogP contribution in [0.2, 0.25) is 0 Å². The lowest BCUT2D eigenvalue weighted by atomic mass is 9.96. The van der Waals surface area contributed by atoms with Crippen molar-refractivity contribution in [2.24, 2.45) is 0 Å². The molecule has 0 radical (unpaired) electrons. The molecule has 4 aromatic rings. The SMILES string of the molecule is COCCOc1ccc(C(=O)NC(=S)Nc2ccccc2C(=O)N2CCN(C(c3ccccc3)c3ccccc3)CC2)cc1Br. The Balaban J connectivity index is 1.21. The number of ether oxygens (including phenoxy) is 2. The van der Waals surface area contributed by atoms with Gasteiger partial charge in [0.05, 0.1) is 28.4 Å². The van der Waals surface area contributed by atoms with E-state index in [9.17, 15) is 9.59 Å². The van der Waals surface area contributed by atoms with Crippen LogP contribution >= 0.6 is 28.1 Å². The summed E-state index contributed by atoms with van der Waals surface area (Å²) in [6.07, 6.45) is 0. The topological polar surface area (TPSA) is 83.1 Å². The van der Waals surface area contributed by atoms with E-state index in [1.54, 1.807) is 37.4 Å². The first-order valence-corrected chi connectivity index (χ1v) is 15.9. The molecular formula is C35H35BrN4O4S. The van der Waals surface area contributed by atoms with Gasteiger partial charge in [0.25, 0.3) is 11.8 Å². The Morgan fingerprint density at radius 3 is 2.09 bits per heavy atom. The van der Waals surface area contributed by atoms with Crippen LogP contribution in [0.3, 0.4) is 0 Å². The van der Waals surface area contributed by atoms with Gasteiger partial charge in [0.2, 0.25) is 0 Å². The maximum absolute atomic E-state index is 13.7. The predicted molar refractivity (Wildman–Crippen MR) is 184 cm³/mol. The smallest absolute Gasteiger partial charge is 0.257 e. The van der Waals surface area contributed by atoms with E-state index in [0.717, 1.165) is 13.1 Å². The molecule has 0 saturated carbocycles. The summed E-state index contributed by atoms with van der Waals surface area (Å²) >= 11 is 8.90. The highest BCUT2D eigenvalue weighted by Gasteiger charge is 2.29. The number of carbonyl (C=O) groups excluding carboxylic acids is 2. The summed E-state index contributed by atoms with van der Waals surface area (Å²) in [5.74, 6) is 0.132. The molecule has 1 aliphatic rings. The van der Waals surface area contributed by atoms with Crippen molar-refractivity contribution in [1.82, 2.24) is 15.1 Å². The molecule has 1 aliphatic heterocycles. The van der Waals surface area contributed by atoms with Gasteiger partial charge in [-0.05, 0) is 69.6 Å². The lowest BCUT2D eigenvalue weighted by molar-refractivity contribution is 0.0598. The van der Waals surface area contributed by atoms with E-state index in [2.05, 4.69) is 80.0 Å². The Kier molecular flexibility index (Phi) is 11.3. The first-order valence-electron chi connectivity index (χ1n) is 14.7. The quantitative estimate of drug-likeness (QED) is 0.153. The predicted octanol–water partition coefficient (Wildman–Crippen LogP) is 6.15. The minimum absolute atomic E-state index is 0.0872. The van der Waals surface area contributed by atoms with Crippen molar-refractivity contribution in [2.75, 3.05) is 51.8 Å². The molecule has 2 amide bonds. The van der Waals surface area contributed by atoms with Crippen LogP contribution in [0.5, 0.6) is 5.75 Å². The van der Waals surface area contributed by atoms with Crippen LogP contribution in [0.4, 0.5) is 5.69 Å². The van der Waals surface area contributed by atoms with Gasteiger partial charge < -0.3 is 19.7 Å². The summed E-state index contributed by atoms with van der Waals surface area (Å²) in [6.45, 7) is 3.49. The zero-order valence-electron chi connectivity index (χ0n) is 24.9. The van der Waals surface area contributed by atoms with Gasteiger partial charge in [-0.1, -0.05) is 72.8 Å². The number of carbonyl (C=O) groups is 2. The lowest BCUT2D eigenvalue weighted by Crippen LogP contribution is -2.50. The zero-order chi connectivity index (χ0) is 31.6. The fourth-order valence-electron chi connectivity index (χ4n) is 5.34. The molecule has 0 aliphatic carbocycles. The number of halogens is 1. The minimum Gasteiger partial charge on any atom is -0.490 e. The number of amides is 2. The van der Waals surface area contributed by atoms with Crippen LogP contribution in [0.15, 0.2) is 108 Å². The number of nitrogens with zero attached hydrogens (tertiary/aromatic N) is 2. The monoisotopic (exact) mass is 686 g/mol. The Labute approximate surface area is 277 Å². The number of anilines is 1. The molecule has 0 spiro atoms. The average molecular weight is 688 g/mol. The third-order valence-electron chi connectivity index (χ3n) is 7.57. The molecule has 1 fully saturated rings. The van der Waals surface area contributed by atoms with Crippen molar-refractivity contribution < 1.29 is 19.1 Å². The zero-order valence-corrected chi connectivity index (χ0v) is 27.4. The van der Waals surface area contributed by atoms with Crippen LogP contribution in [-0.2, 0) is 4.74 Å². The van der Waals surface area contributed by atoms with Crippen LogP contribution in [-0.4, -0.2) is 73.2 Å². The number of hydrogen-bond acceptors (Lipinski definition) is 6. The lowest BCUT2D eigenvalue weighted by Gasteiger charge is -2.40. The first kappa shape index (κ1) is 32.3. The van der Waals surface area contributed by atoms with E-state index in [-0.39, 0.29) is 23.0 Å². The van der Waals surface area contributed by atoms with Crippen LogP contribution in [0.25, 0.3) is 0 Å². The van der Waals surface area contributed by atoms with E-state index in [1.165, 1.54) is 11.1 Å². The second-order valence-electron chi connectivity index (χ2n) is 10.5. The fraction of sp³-hybridized carbons (Fsp3) is 0.229. The fourth-order valence-corrected chi connectivity index (χ4v) is 6.04. The van der Waals surface area contributed by atoms with Crippen LogP contribution in [0, 0.1) is 0 Å². The van der Waals surface area contributed by atoms with Crippen molar-refractivity contribution in [3.05, 3.63) is 130 Å². The van der Waals surface area contributed by atoms with Gasteiger partial charge in [0.15, 0.2) is 5.11 Å². The number of rotatable bonds is 10.